The molecular formula is C15H29NO3. The third-order valence-electron chi connectivity index (χ3n) is 3.96. The third kappa shape index (κ3) is 7.53. The molecule has 0 aromatic carbocycles. The summed E-state index contributed by atoms with van der Waals surface area (Å²) in [6.45, 7) is 6.34. The van der Waals surface area contributed by atoms with Crippen molar-refractivity contribution >= 4 is 5.91 Å². The Morgan fingerprint density at radius 3 is 2.63 bits per heavy atom. The molecular weight excluding hydrogens is 242 g/mol. The molecule has 112 valence electrons. The Kier molecular flexibility index (Phi) is 7.39. The van der Waals surface area contributed by atoms with Crippen molar-refractivity contribution in [1.82, 2.24) is 5.32 Å². The second kappa shape index (κ2) is 8.54. The topological polar surface area (TPSA) is 58.6 Å². The summed E-state index contributed by atoms with van der Waals surface area (Å²) < 4.78 is 5.14. The quantitative estimate of drug-likeness (QED) is 0.665. The van der Waals surface area contributed by atoms with E-state index in [0.29, 0.717) is 37.5 Å². The number of rotatable bonds is 8. The second-order valence-electron chi connectivity index (χ2n) is 6.35. The van der Waals surface area contributed by atoms with Gasteiger partial charge in [-0.25, -0.2) is 0 Å². The van der Waals surface area contributed by atoms with Crippen LogP contribution in [0.25, 0.3) is 0 Å². The van der Waals surface area contributed by atoms with Gasteiger partial charge in [0.05, 0.1) is 13.2 Å². The number of carbonyl (C=O) groups is 1. The molecule has 4 heteroatoms. The Bertz CT molecular complexity index is 256. The summed E-state index contributed by atoms with van der Waals surface area (Å²) in [6, 6.07) is 0. The van der Waals surface area contributed by atoms with E-state index in [2.05, 4.69) is 19.2 Å². The molecule has 0 aliphatic heterocycles. The molecule has 0 spiro atoms. The van der Waals surface area contributed by atoms with Crippen LogP contribution >= 0.6 is 0 Å². The van der Waals surface area contributed by atoms with E-state index >= 15 is 0 Å². The maximum atomic E-state index is 11.8. The summed E-state index contributed by atoms with van der Waals surface area (Å²) in [6.07, 6.45) is 6.32. The van der Waals surface area contributed by atoms with Crippen molar-refractivity contribution in [2.45, 2.75) is 52.4 Å². The maximum Gasteiger partial charge on any atom is 0.220 e. The molecule has 0 atom stereocenters. The van der Waals surface area contributed by atoms with Crippen molar-refractivity contribution in [3.05, 3.63) is 0 Å². The molecule has 1 aliphatic rings. The summed E-state index contributed by atoms with van der Waals surface area (Å²) >= 11 is 0. The van der Waals surface area contributed by atoms with Crippen LogP contribution in [0.15, 0.2) is 0 Å². The zero-order valence-electron chi connectivity index (χ0n) is 12.4. The molecule has 0 saturated heterocycles. The van der Waals surface area contributed by atoms with E-state index in [1.165, 1.54) is 25.7 Å². The lowest BCUT2D eigenvalue weighted by molar-refractivity contribution is -0.122. The lowest BCUT2D eigenvalue weighted by Crippen LogP contribution is -2.29. The molecule has 4 nitrogen and oxygen atoms in total. The highest BCUT2D eigenvalue weighted by Gasteiger charge is 2.27. The highest BCUT2D eigenvalue weighted by atomic mass is 16.5. The smallest absolute Gasteiger partial charge is 0.220 e. The minimum Gasteiger partial charge on any atom is -0.394 e. The SMILES string of the molecule is CC1(C)CCC(CC(=O)NCCCOCCO)CC1. The molecule has 0 radical (unpaired) electrons. The molecule has 1 rings (SSSR count). The lowest BCUT2D eigenvalue weighted by atomic mass is 9.72. The van der Waals surface area contributed by atoms with Gasteiger partial charge in [-0.3, -0.25) is 4.79 Å². The van der Waals surface area contributed by atoms with Crippen molar-refractivity contribution in [1.29, 1.82) is 0 Å². The first kappa shape index (κ1) is 16.4. The summed E-state index contributed by atoms with van der Waals surface area (Å²) in [5.74, 6) is 0.741. The van der Waals surface area contributed by atoms with Gasteiger partial charge >= 0.3 is 0 Å². The fourth-order valence-electron chi connectivity index (χ4n) is 2.57. The standard InChI is InChI=1S/C15H29NO3/c1-15(2)6-4-13(5-7-15)12-14(18)16-8-3-10-19-11-9-17/h13,17H,3-12H2,1-2H3,(H,16,18). The molecule has 1 aliphatic carbocycles. The highest BCUT2D eigenvalue weighted by molar-refractivity contribution is 5.76. The Hall–Kier alpha value is -0.610. The van der Waals surface area contributed by atoms with E-state index in [1.807, 2.05) is 0 Å². The molecule has 1 saturated carbocycles. The first-order chi connectivity index (χ1) is 9.03. The van der Waals surface area contributed by atoms with Gasteiger partial charge in [0.25, 0.3) is 0 Å². The van der Waals surface area contributed by atoms with E-state index < -0.39 is 0 Å². The number of hydrogen-bond acceptors (Lipinski definition) is 3. The summed E-state index contributed by atoms with van der Waals surface area (Å²) in [7, 11) is 0. The van der Waals surface area contributed by atoms with Crippen LogP contribution < -0.4 is 5.32 Å². The molecule has 0 unspecified atom stereocenters. The Balaban J connectivity index is 2.02. The van der Waals surface area contributed by atoms with Gasteiger partial charge in [0, 0.05) is 19.6 Å². The van der Waals surface area contributed by atoms with Gasteiger partial charge in [-0.1, -0.05) is 13.8 Å². The number of carbonyl (C=O) groups excluding carboxylic acids is 1. The van der Waals surface area contributed by atoms with Gasteiger partial charge in [-0.2, -0.15) is 0 Å². The minimum atomic E-state index is 0.0599. The number of nitrogens with one attached hydrogen (secondary N) is 1. The van der Waals surface area contributed by atoms with Gasteiger partial charge in [-0.05, 0) is 43.4 Å². The summed E-state index contributed by atoms with van der Waals surface area (Å²) in [5, 5.41) is 11.5. The van der Waals surface area contributed by atoms with E-state index in [4.69, 9.17) is 9.84 Å². The monoisotopic (exact) mass is 271 g/mol. The van der Waals surface area contributed by atoms with Crippen LogP contribution in [0, 0.1) is 11.3 Å². The predicted molar refractivity (Wildman–Crippen MR) is 75.9 cm³/mol. The average Bonchev–Trinajstić information content (AvgIpc) is 2.36. The molecule has 0 heterocycles. The molecule has 2 N–H and O–H groups in total. The number of amides is 1. The Labute approximate surface area is 116 Å². The third-order valence-corrected chi connectivity index (χ3v) is 3.96. The first-order valence-electron chi connectivity index (χ1n) is 7.49. The Morgan fingerprint density at radius 1 is 1.32 bits per heavy atom. The van der Waals surface area contributed by atoms with Gasteiger partial charge in [0.2, 0.25) is 5.91 Å². The van der Waals surface area contributed by atoms with Crippen molar-refractivity contribution in [2.24, 2.45) is 11.3 Å². The fraction of sp³-hybridized carbons (Fsp3) is 0.933. The van der Waals surface area contributed by atoms with E-state index in [9.17, 15) is 4.79 Å². The predicted octanol–water partition coefficient (Wildman–Crippen LogP) is 2.11. The van der Waals surface area contributed by atoms with Crippen molar-refractivity contribution in [2.75, 3.05) is 26.4 Å². The zero-order chi connectivity index (χ0) is 14.1. The minimum absolute atomic E-state index is 0.0599. The molecule has 1 amide bonds. The fourth-order valence-corrected chi connectivity index (χ4v) is 2.57. The van der Waals surface area contributed by atoms with E-state index in [-0.39, 0.29) is 12.5 Å². The second-order valence-corrected chi connectivity index (χ2v) is 6.35. The van der Waals surface area contributed by atoms with Crippen LogP contribution in [-0.4, -0.2) is 37.4 Å². The van der Waals surface area contributed by atoms with Crippen molar-refractivity contribution in [3.63, 3.8) is 0 Å². The van der Waals surface area contributed by atoms with Crippen LogP contribution in [0.5, 0.6) is 0 Å². The van der Waals surface area contributed by atoms with Crippen LogP contribution in [0.3, 0.4) is 0 Å². The molecule has 0 aromatic heterocycles. The maximum absolute atomic E-state index is 11.8. The van der Waals surface area contributed by atoms with E-state index in [1.54, 1.807) is 0 Å². The van der Waals surface area contributed by atoms with Crippen LogP contribution in [0.1, 0.15) is 52.4 Å². The van der Waals surface area contributed by atoms with Crippen molar-refractivity contribution in [3.8, 4) is 0 Å². The molecule has 0 aromatic rings. The lowest BCUT2D eigenvalue weighted by Gasteiger charge is -2.34. The average molecular weight is 271 g/mol. The first-order valence-corrected chi connectivity index (χ1v) is 7.49. The number of ether oxygens (including phenoxy) is 1. The van der Waals surface area contributed by atoms with Crippen LogP contribution in [0.4, 0.5) is 0 Å². The van der Waals surface area contributed by atoms with E-state index in [0.717, 1.165) is 6.42 Å². The van der Waals surface area contributed by atoms with Crippen LogP contribution in [-0.2, 0) is 9.53 Å². The van der Waals surface area contributed by atoms with Gasteiger partial charge < -0.3 is 15.2 Å². The van der Waals surface area contributed by atoms with Crippen LogP contribution in [0.2, 0.25) is 0 Å². The van der Waals surface area contributed by atoms with Gasteiger partial charge in [-0.15, -0.1) is 0 Å². The molecule has 0 bridgehead atoms. The summed E-state index contributed by atoms with van der Waals surface area (Å²) in [4.78, 5) is 11.8. The van der Waals surface area contributed by atoms with Crippen molar-refractivity contribution < 1.29 is 14.6 Å². The number of hydrogen-bond donors (Lipinski definition) is 2. The largest absolute Gasteiger partial charge is 0.394 e. The van der Waals surface area contributed by atoms with Gasteiger partial charge in [0.1, 0.15) is 0 Å². The summed E-state index contributed by atoms with van der Waals surface area (Å²) in [5.41, 5.74) is 0.469. The zero-order valence-corrected chi connectivity index (χ0v) is 12.4. The highest BCUT2D eigenvalue weighted by Crippen LogP contribution is 2.38. The normalized spacial score (nSPS) is 19.3. The van der Waals surface area contributed by atoms with Gasteiger partial charge in [0.15, 0.2) is 0 Å². The molecule has 1 fully saturated rings. The number of aliphatic hydroxyl groups excluding tert-OH is 1. The number of aliphatic hydroxyl groups is 1. The molecule has 19 heavy (non-hydrogen) atoms. The Morgan fingerprint density at radius 2 is 2.00 bits per heavy atom.